The molecule has 0 saturated carbocycles. The van der Waals surface area contributed by atoms with Gasteiger partial charge < -0.3 is 14.2 Å². The molecule has 1 aromatic rings. The third-order valence-corrected chi connectivity index (χ3v) is 2.29. The minimum Gasteiger partial charge on any atom is -0.493 e. The minimum absolute atomic E-state index is 0.0561. The summed E-state index contributed by atoms with van der Waals surface area (Å²) in [6, 6.07) is 5.08. The maximum Gasteiger partial charge on any atom is 0.188 e. The first-order chi connectivity index (χ1) is 8.22. The molecule has 0 unspecified atom stereocenters. The highest BCUT2D eigenvalue weighted by Gasteiger charge is 2.10. The lowest BCUT2D eigenvalue weighted by molar-refractivity contribution is 0.0761. The van der Waals surface area contributed by atoms with Gasteiger partial charge in [0.25, 0.3) is 0 Å². The van der Waals surface area contributed by atoms with Crippen molar-refractivity contribution in [3.05, 3.63) is 23.8 Å². The number of hydrogen-bond acceptors (Lipinski definition) is 4. The summed E-state index contributed by atoms with van der Waals surface area (Å²) >= 11 is 0. The Morgan fingerprint density at radius 3 is 2.47 bits per heavy atom. The van der Waals surface area contributed by atoms with Gasteiger partial charge in [-0.3, -0.25) is 4.79 Å². The van der Waals surface area contributed by atoms with Crippen LogP contribution in [-0.4, -0.2) is 33.2 Å². The smallest absolute Gasteiger partial charge is 0.188 e. The zero-order valence-corrected chi connectivity index (χ0v) is 10.5. The fourth-order valence-electron chi connectivity index (χ4n) is 1.40. The van der Waals surface area contributed by atoms with Crippen molar-refractivity contribution in [2.24, 2.45) is 0 Å². The summed E-state index contributed by atoms with van der Waals surface area (Å²) in [5, 5.41) is 0. The van der Waals surface area contributed by atoms with E-state index in [1.54, 1.807) is 32.4 Å². The highest BCUT2D eigenvalue weighted by atomic mass is 16.5. The molecular formula is C13H18O4. The number of benzene rings is 1. The average molecular weight is 238 g/mol. The average Bonchev–Trinajstić information content (AvgIpc) is 2.38. The van der Waals surface area contributed by atoms with Crippen molar-refractivity contribution < 1.29 is 19.0 Å². The van der Waals surface area contributed by atoms with Crippen LogP contribution in [0.4, 0.5) is 0 Å². The zero-order valence-electron chi connectivity index (χ0n) is 10.5. The lowest BCUT2D eigenvalue weighted by atomic mass is 10.1. The van der Waals surface area contributed by atoms with Crippen LogP contribution in [-0.2, 0) is 4.74 Å². The Bertz CT molecular complexity index is 374. The van der Waals surface area contributed by atoms with Crippen molar-refractivity contribution in [1.29, 1.82) is 0 Å². The van der Waals surface area contributed by atoms with Gasteiger partial charge >= 0.3 is 0 Å². The van der Waals surface area contributed by atoms with E-state index in [1.807, 2.05) is 6.92 Å². The van der Waals surface area contributed by atoms with Gasteiger partial charge in [-0.2, -0.15) is 0 Å². The Morgan fingerprint density at radius 1 is 1.18 bits per heavy atom. The molecule has 0 atom stereocenters. The Hall–Kier alpha value is -1.55. The van der Waals surface area contributed by atoms with E-state index in [1.165, 1.54) is 0 Å². The number of methoxy groups -OCH3 is 2. The van der Waals surface area contributed by atoms with Crippen molar-refractivity contribution in [3.8, 4) is 11.5 Å². The van der Waals surface area contributed by atoms with Crippen LogP contribution in [0, 0.1) is 0 Å². The van der Waals surface area contributed by atoms with Crippen molar-refractivity contribution in [2.45, 2.75) is 13.3 Å². The molecule has 0 bridgehead atoms. The van der Waals surface area contributed by atoms with Gasteiger partial charge in [0, 0.05) is 12.2 Å². The summed E-state index contributed by atoms with van der Waals surface area (Å²) in [7, 11) is 3.10. The molecule has 0 spiro atoms. The van der Waals surface area contributed by atoms with Crippen LogP contribution in [0.2, 0.25) is 0 Å². The van der Waals surface area contributed by atoms with Crippen LogP contribution in [0.1, 0.15) is 23.7 Å². The van der Waals surface area contributed by atoms with Gasteiger partial charge in [-0.1, -0.05) is 6.92 Å². The van der Waals surface area contributed by atoms with E-state index in [-0.39, 0.29) is 12.4 Å². The Labute approximate surface area is 101 Å². The fraction of sp³-hybridized carbons (Fsp3) is 0.462. The van der Waals surface area contributed by atoms with Crippen molar-refractivity contribution in [1.82, 2.24) is 0 Å². The van der Waals surface area contributed by atoms with Gasteiger partial charge in [0.2, 0.25) is 0 Å². The third-order valence-electron chi connectivity index (χ3n) is 2.29. The van der Waals surface area contributed by atoms with Crippen LogP contribution >= 0.6 is 0 Å². The number of rotatable bonds is 7. The monoisotopic (exact) mass is 238 g/mol. The second-order valence-corrected chi connectivity index (χ2v) is 3.55. The molecule has 94 valence electrons. The summed E-state index contributed by atoms with van der Waals surface area (Å²) in [5.74, 6) is 1.10. The first-order valence-corrected chi connectivity index (χ1v) is 5.55. The Morgan fingerprint density at radius 2 is 1.88 bits per heavy atom. The normalized spacial score (nSPS) is 10.1. The molecule has 17 heavy (non-hydrogen) atoms. The van der Waals surface area contributed by atoms with E-state index in [9.17, 15) is 4.79 Å². The number of carbonyl (C=O) groups excluding carboxylic acids is 1. The van der Waals surface area contributed by atoms with E-state index >= 15 is 0 Å². The van der Waals surface area contributed by atoms with Crippen molar-refractivity contribution in [3.63, 3.8) is 0 Å². The molecule has 0 heterocycles. The van der Waals surface area contributed by atoms with Gasteiger partial charge in [0.15, 0.2) is 17.3 Å². The molecule has 0 fully saturated rings. The molecule has 4 nitrogen and oxygen atoms in total. The summed E-state index contributed by atoms with van der Waals surface area (Å²) < 4.78 is 15.4. The quantitative estimate of drug-likeness (QED) is 0.540. The van der Waals surface area contributed by atoms with Gasteiger partial charge in [0.1, 0.15) is 6.61 Å². The van der Waals surface area contributed by atoms with E-state index in [0.717, 1.165) is 6.42 Å². The van der Waals surface area contributed by atoms with E-state index < -0.39 is 0 Å². The van der Waals surface area contributed by atoms with E-state index in [0.29, 0.717) is 23.7 Å². The van der Waals surface area contributed by atoms with Crippen LogP contribution in [0.25, 0.3) is 0 Å². The van der Waals surface area contributed by atoms with Gasteiger partial charge in [-0.25, -0.2) is 0 Å². The first kappa shape index (κ1) is 13.5. The molecule has 4 heteroatoms. The Kier molecular flexibility index (Phi) is 5.49. The minimum atomic E-state index is -0.0561. The molecule has 0 aliphatic heterocycles. The predicted molar refractivity (Wildman–Crippen MR) is 65.0 cm³/mol. The Balaban J connectivity index is 2.74. The largest absolute Gasteiger partial charge is 0.493 e. The maximum absolute atomic E-state index is 11.8. The number of Topliss-reactive ketones (excluding diaryl/α,β-unsaturated/α-hetero) is 1. The SMILES string of the molecule is CCCOCC(=O)c1ccc(OC)c(OC)c1. The second-order valence-electron chi connectivity index (χ2n) is 3.55. The maximum atomic E-state index is 11.8. The zero-order chi connectivity index (χ0) is 12.7. The third kappa shape index (κ3) is 3.75. The second kappa shape index (κ2) is 6.91. The van der Waals surface area contributed by atoms with Crippen LogP contribution < -0.4 is 9.47 Å². The fourth-order valence-corrected chi connectivity index (χ4v) is 1.40. The molecule has 0 aliphatic rings. The summed E-state index contributed by atoms with van der Waals surface area (Å²) in [5.41, 5.74) is 0.568. The van der Waals surface area contributed by atoms with Crippen LogP contribution in [0.15, 0.2) is 18.2 Å². The molecular weight excluding hydrogens is 220 g/mol. The molecule has 1 aromatic carbocycles. The standard InChI is InChI=1S/C13H18O4/c1-4-7-17-9-11(14)10-5-6-12(15-2)13(8-10)16-3/h5-6,8H,4,7,9H2,1-3H3. The molecule has 1 rings (SSSR count). The van der Waals surface area contributed by atoms with E-state index in [2.05, 4.69) is 0 Å². The highest BCUT2D eigenvalue weighted by molar-refractivity contribution is 5.97. The number of carbonyl (C=O) groups is 1. The lowest BCUT2D eigenvalue weighted by Crippen LogP contribution is -2.09. The summed E-state index contributed by atoms with van der Waals surface area (Å²) in [6.07, 6.45) is 0.902. The lowest BCUT2D eigenvalue weighted by Gasteiger charge is -2.09. The molecule has 0 amide bonds. The number of ketones is 1. The van der Waals surface area contributed by atoms with Crippen molar-refractivity contribution >= 4 is 5.78 Å². The van der Waals surface area contributed by atoms with Gasteiger partial charge in [-0.15, -0.1) is 0 Å². The highest BCUT2D eigenvalue weighted by Crippen LogP contribution is 2.27. The summed E-state index contributed by atoms with van der Waals surface area (Å²) in [6.45, 7) is 2.70. The molecule has 0 saturated heterocycles. The molecule has 0 N–H and O–H groups in total. The van der Waals surface area contributed by atoms with E-state index in [4.69, 9.17) is 14.2 Å². The summed E-state index contributed by atoms with van der Waals surface area (Å²) in [4.78, 5) is 11.8. The molecule has 0 radical (unpaired) electrons. The molecule has 0 aliphatic carbocycles. The van der Waals surface area contributed by atoms with Gasteiger partial charge in [0.05, 0.1) is 14.2 Å². The van der Waals surface area contributed by atoms with Crippen molar-refractivity contribution in [2.75, 3.05) is 27.4 Å². The van der Waals surface area contributed by atoms with Crippen LogP contribution in [0.3, 0.4) is 0 Å². The number of hydrogen-bond donors (Lipinski definition) is 0. The van der Waals surface area contributed by atoms with Gasteiger partial charge in [-0.05, 0) is 24.6 Å². The first-order valence-electron chi connectivity index (χ1n) is 5.55. The molecule has 0 aromatic heterocycles. The number of ether oxygens (including phenoxy) is 3. The predicted octanol–water partition coefficient (Wildman–Crippen LogP) is 2.31. The topological polar surface area (TPSA) is 44.8 Å². The van der Waals surface area contributed by atoms with Crippen LogP contribution in [0.5, 0.6) is 11.5 Å².